The van der Waals surface area contributed by atoms with Gasteiger partial charge in [-0.1, -0.05) is 129 Å². The predicted octanol–water partition coefficient (Wildman–Crippen LogP) is 10.5. The molecule has 2 rings (SSSR count). The van der Waals surface area contributed by atoms with E-state index in [1.807, 2.05) is 6.92 Å². The quantitative estimate of drug-likeness (QED) is 0.0705. The molecule has 1 heterocycles. The lowest BCUT2D eigenvalue weighted by Crippen LogP contribution is -2.35. The molecule has 0 spiro atoms. The summed E-state index contributed by atoms with van der Waals surface area (Å²) in [5, 5.41) is 9.33. The Morgan fingerprint density at radius 1 is 0.778 bits per heavy atom. The van der Waals surface area contributed by atoms with Gasteiger partial charge in [-0.3, -0.25) is 9.59 Å². The Balaban J connectivity index is 1.75. The normalized spacial score (nSPS) is 16.3. The molecule has 6 heteroatoms. The minimum Gasteiger partial charge on any atom is -0.481 e. The summed E-state index contributed by atoms with van der Waals surface area (Å²) < 4.78 is 12.6. The van der Waals surface area contributed by atoms with Gasteiger partial charge in [0.15, 0.2) is 6.29 Å². The van der Waals surface area contributed by atoms with Crippen LogP contribution in [0.5, 0.6) is 5.75 Å². The highest BCUT2D eigenvalue weighted by Crippen LogP contribution is 2.24. The van der Waals surface area contributed by atoms with Gasteiger partial charge in [-0.2, -0.15) is 0 Å². The van der Waals surface area contributed by atoms with Crippen LogP contribution >= 0.6 is 0 Å². The molecular formula is C39H67NO5. The number of nitrogens with zero attached hydrogens (tertiary/aromatic N) is 1. The molecule has 0 saturated carbocycles. The number of carbonyl (C=O) groups is 2. The molecule has 1 saturated heterocycles. The maximum Gasteiger partial charge on any atom is 0.308 e. The Morgan fingerprint density at radius 2 is 1.31 bits per heavy atom. The van der Waals surface area contributed by atoms with Crippen LogP contribution < -0.4 is 4.74 Å². The molecule has 1 N–H and O–H groups in total. The van der Waals surface area contributed by atoms with Gasteiger partial charge in [0.1, 0.15) is 5.75 Å². The summed E-state index contributed by atoms with van der Waals surface area (Å²) in [6.45, 7) is 7.56. The number of rotatable bonds is 29. The van der Waals surface area contributed by atoms with Crippen molar-refractivity contribution in [2.24, 2.45) is 5.92 Å². The van der Waals surface area contributed by atoms with E-state index < -0.39 is 11.9 Å². The molecule has 6 nitrogen and oxygen atoms in total. The van der Waals surface area contributed by atoms with Gasteiger partial charge in [0, 0.05) is 25.4 Å². The fourth-order valence-corrected chi connectivity index (χ4v) is 6.39. The molecule has 258 valence electrons. The van der Waals surface area contributed by atoms with Crippen molar-refractivity contribution in [3.8, 4) is 5.75 Å². The summed E-state index contributed by atoms with van der Waals surface area (Å²) in [6.07, 6.45) is 26.9. The van der Waals surface area contributed by atoms with Crippen molar-refractivity contribution in [1.82, 2.24) is 4.90 Å². The molecule has 1 amide bonds. The van der Waals surface area contributed by atoms with Crippen LogP contribution in [0.4, 0.5) is 0 Å². The van der Waals surface area contributed by atoms with Crippen molar-refractivity contribution >= 4 is 11.9 Å². The summed E-state index contributed by atoms with van der Waals surface area (Å²) in [7, 11) is 0. The lowest BCUT2D eigenvalue weighted by Gasteiger charge is -2.26. The van der Waals surface area contributed by atoms with Crippen LogP contribution in [0, 0.1) is 5.92 Å². The summed E-state index contributed by atoms with van der Waals surface area (Å²) in [5.41, 5.74) is 1.36. The number of hydrogen-bond donors (Lipinski definition) is 1. The summed E-state index contributed by atoms with van der Waals surface area (Å²) >= 11 is 0. The lowest BCUT2D eigenvalue weighted by atomic mass is 10.0. The first-order valence-corrected chi connectivity index (χ1v) is 18.8. The van der Waals surface area contributed by atoms with E-state index in [4.69, 9.17) is 9.47 Å². The van der Waals surface area contributed by atoms with Crippen molar-refractivity contribution in [1.29, 1.82) is 0 Å². The summed E-state index contributed by atoms with van der Waals surface area (Å²) in [5.74, 6) is -0.670. The first kappa shape index (κ1) is 39.1. The number of carbonyl (C=O) groups excluding carboxylic acids is 1. The van der Waals surface area contributed by atoms with E-state index in [1.165, 1.54) is 115 Å². The van der Waals surface area contributed by atoms with E-state index >= 15 is 0 Å². The molecule has 1 aliphatic rings. The largest absolute Gasteiger partial charge is 0.481 e. The van der Waals surface area contributed by atoms with Gasteiger partial charge in [0.25, 0.3) is 0 Å². The monoisotopic (exact) mass is 630 g/mol. The Morgan fingerprint density at radius 3 is 1.84 bits per heavy atom. The minimum absolute atomic E-state index is 0.0140. The number of aryl methyl sites for hydroxylation is 1. The zero-order chi connectivity index (χ0) is 32.5. The van der Waals surface area contributed by atoms with Gasteiger partial charge in [-0.15, -0.1) is 0 Å². The van der Waals surface area contributed by atoms with Gasteiger partial charge < -0.3 is 19.5 Å². The third-order valence-corrected chi connectivity index (χ3v) is 9.41. The van der Waals surface area contributed by atoms with Crippen LogP contribution in [0.2, 0.25) is 0 Å². The van der Waals surface area contributed by atoms with Crippen molar-refractivity contribution < 1.29 is 24.2 Å². The SMILES string of the molecule is CCCCCCCCCCCCCOC(CCCC(C)N1CC(C(=O)O)CC1=O)Oc1ccc(CCCCCCCCC)cc1. The van der Waals surface area contributed by atoms with Gasteiger partial charge in [0.2, 0.25) is 5.91 Å². The van der Waals surface area contributed by atoms with Gasteiger partial charge in [0.05, 0.1) is 12.5 Å². The molecule has 1 aromatic carbocycles. The first-order chi connectivity index (χ1) is 21.9. The van der Waals surface area contributed by atoms with Crippen LogP contribution in [0.3, 0.4) is 0 Å². The molecule has 0 bridgehead atoms. The molecule has 3 atom stereocenters. The molecule has 3 unspecified atom stereocenters. The zero-order valence-electron chi connectivity index (χ0n) is 29.2. The maximum absolute atomic E-state index is 12.4. The summed E-state index contributed by atoms with van der Waals surface area (Å²) in [4.78, 5) is 25.5. The molecule has 1 aliphatic heterocycles. The van der Waals surface area contributed by atoms with E-state index in [0.29, 0.717) is 13.2 Å². The zero-order valence-corrected chi connectivity index (χ0v) is 29.2. The van der Waals surface area contributed by atoms with Crippen LogP contribution in [0.1, 0.15) is 168 Å². The topological polar surface area (TPSA) is 76.1 Å². The maximum atomic E-state index is 12.4. The Hall–Kier alpha value is -2.08. The molecule has 0 radical (unpaired) electrons. The number of carboxylic acid groups (broad SMARTS) is 1. The van der Waals surface area contributed by atoms with Crippen molar-refractivity contribution in [2.45, 2.75) is 181 Å². The Kier molecular flexibility index (Phi) is 21.8. The number of benzene rings is 1. The molecule has 0 aliphatic carbocycles. The highest BCUT2D eigenvalue weighted by Gasteiger charge is 2.36. The number of likely N-dealkylation sites (tertiary alicyclic amines) is 1. The van der Waals surface area contributed by atoms with Crippen molar-refractivity contribution in [2.75, 3.05) is 13.2 Å². The third kappa shape index (κ3) is 18.0. The Labute approximate surface area is 276 Å². The van der Waals surface area contributed by atoms with Gasteiger partial charge in [-0.25, -0.2) is 0 Å². The number of amides is 1. The summed E-state index contributed by atoms with van der Waals surface area (Å²) in [6, 6.07) is 8.54. The second-order valence-corrected chi connectivity index (χ2v) is 13.5. The second kappa shape index (κ2) is 25.1. The highest BCUT2D eigenvalue weighted by molar-refractivity contribution is 5.86. The number of unbranched alkanes of at least 4 members (excludes halogenated alkanes) is 16. The fourth-order valence-electron chi connectivity index (χ4n) is 6.39. The van der Waals surface area contributed by atoms with Crippen LogP contribution in [-0.4, -0.2) is 47.4 Å². The fraction of sp³-hybridized carbons (Fsp3) is 0.795. The smallest absolute Gasteiger partial charge is 0.308 e. The second-order valence-electron chi connectivity index (χ2n) is 13.5. The van der Waals surface area contributed by atoms with Crippen LogP contribution in [-0.2, 0) is 20.7 Å². The van der Waals surface area contributed by atoms with Crippen molar-refractivity contribution in [3.05, 3.63) is 29.8 Å². The first-order valence-electron chi connectivity index (χ1n) is 18.8. The number of hydrogen-bond acceptors (Lipinski definition) is 4. The number of aliphatic carboxylic acids is 1. The van der Waals surface area contributed by atoms with Gasteiger partial charge >= 0.3 is 5.97 Å². The van der Waals surface area contributed by atoms with E-state index in [9.17, 15) is 14.7 Å². The lowest BCUT2D eigenvalue weighted by molar-refractivity contribution is -0.141. The third-order valence-electron chi connectivity index (χ3n) is 9.41. The molecule has 1 fully saturated rings. The van der Waals surface area contributed by atoms with E-state index in [1.54, 1.807) is 4.90 Å². The average molecular weight is 630 g/mol. The molecule has 1 aromatic rings. The van der Waals surface area contributed by atoms with E-state index in [-0.39, 0.29) is 24.7 Å². The van der Waals surface area contributed by atoms with Crippen molar-refractivity contribution in [3.63, 3.8) is 0 Å². The Bertz CT molecular complexity index is 888. The molecule has 45 heavy (non-hydrogen) atoms. The average Bonchev–Trinajstić information content (AvgIpc) is 3.43. The van der Waals surface area contributed by atoms with Crippen LogP contribution in [0.15, 0.2) is 24.3 Å². The molecular weight excluding hydrogens is 562 g/mol. The van der Waals surface area contributed by atoms with Gasteiger partial charge in [-0.05, 0) is 56.7 Å². The van der Waals surface area contributed by atoms with E-state index in [0.717, 1.165) is 37.9 Å². The molecule has 0 aromatic heterocycles. The highest BCUT2D eigenvalue weighted by atomic mass is 16.7. The minimum atomic E-state index is -0.879. The van der Waals surface area contributed by atoms with Crippen LogP contribution in [0.25, 0.3) is 0 Å². The van der Waals surface area contributed by atoms with E-state index in [2.05, 4.69) is 38.1 Å². The standard InChI is InChI=1S/C39H67NO5/c1-4-6-8-10-12-13-14-15-17-19-21-30-44-38(25-22-23-33(3)40-32-35(39(42)43)31-37(40)41)45-36-28-26-34(27-29-36)24-20-18-16-11-9-7-5-2/h26-29,33,35,38H,4-25,30-32H2,1-3H3,(H,42,43). The number of carboxylic acids is 1. The number of ether oxygens (including phenoxy) is 2. The predicted molar refractivity (Wildman–Crippen MR) is 186 cm³/mol.